The average Bonchev–Trinajstić information content (AvgIpc) is 2.89. The van der Waals surface area contributed by atoms with E-state index in [2.05, 4.69) is 23.8 Å². The summed E-state index contributed by atoms with van der Waals surface area (Å²) in [6.07, 6.45) is 0.803. The number of hydrogen-bond acceptors (Lipinski definition) is 3. The molecule has 1 aromatic heterocycles. The molecule has 2 amide bonds. The van der Waals surface area contributed by atoms with Crippen LogP contribution in [0.3, 0.4) is 0 Å². The molecule has 0 spiro atoms. The molecule has 1 N–H and O–H groups in total. The number of carbonyl (C=O) groups excluding carboxylic acids is 2. The van der Waals surface area contributed by atoms with E-state index in [4.69, 9.17) is 0 Å². The van der Waals surface area contributed by atoms with Crippen LogP contribution in [-0.2, 0) is 4.79 Å². The minimum atomic E-state index is -0.390. The summed E-state index contributed by atoms with van der Waals surface area (Å²) in [7, 11) is 0. The molecule has 0 saturated carbocycles. The van der Waals surface area contributed by atoms with Gasteiger partial charge in [0.05, 0.1) is 11.0 Å². The molecule has 0 bridgehead atoms. The molecule has 2 heterocycles. The number of rotatable bonds is 2. The van der Waals surface area contributed by atoms with E-state index in [1.807, 2.05) is 48.8 Å². The van der Waals surface area contributed by atoms with Gasteiger partial charge in [-0.05, 0) is 24.6 Å². The van der Waals surface area contributed by atoms with Gasteiger partial charge in [-0.2, -0.15) is 0 Å². The van der Waals surface area contributed by atoms with Crippen LogP contribution in [0.5, 0.6) is 0 Å². The summed E-state index contributed by atoms with van der Waals surface area (Å²) >= 11 is 0. The second-order valence-corrected chi connectivity index (χ2v) is 8.70. The van der Waals surface area contributed by atoms with Gasteiger partial charge in [0.1, 0.15) is 5.82 Å². The van der Waals surface area contributed by atoms with Crippen LogP contribution in [0, 0.1) is 5.41 Å². The molecule has 2 aromatic rings. The second-order valence-electron chi connectivity index (χ2n) is 8.70. The highest BCUT2D eigenvalue weighted by Gasteiger charge is 2.29. The molecule has 3 rings (SSSR count). The van der Waals surface area contributed by atoms with Gasteiger partial charge in [0.25, 0.3) is 5.91 Å². The summed E-state index contributed by atoms with van der Waals surface area (Å²) in [5, 5.41) is 0. The first-order valence-electron chi connectivity index (χ1n) is 9.75. The van der Waals surface area contributed by atoms with E-state index in [9.17, 15) is 9.59 Å². The Balaban J connectivity index is 1.74. The van der Waals surface area contributed by atoms with Crippen LogP contribution in [0.1, 0.15) is 63.1 Å². The van der Waals surface area contributed by atoms with Crippen molar-refractivity contribution >= 4 is 22.8 Å². The fraction of sp³-hybridized carbons (Fsp3) is 0.571. The molecule has 1 aliphatic heterocycles. The van der Waals surface area contributed by atoms with Gasteiger partial charge in [0.15, 0.2) is 0 Å². The molecule has 6 heteroatoms. The maximum absolute atomic E-state index is 13.0. The maximum atomic E-state index is 13.0. The molecule has 146 valence electrons. The lowest BCUT2D eigenvalue weighted by Gasteiger charge is -2.28. The number of imidazole rings is 1. The Labute approximate surface area is 160 Å². The Bertz CT molecular complexity index is 847. The number of carbonyl (C=O) groups is 2. The molecule has 6 nitrogen and oxygen atoms in total. The fourth-order valence-electron chi connectivity index (χ4n) is 3.42. The predicted molar refractivity (Wildman–Crippen MR) is 107 cm³/mol. The van der Waals surface area contributed by atoms with Crippen molar-refractivity contribution in [3.63, 3.8) is 0 Å². The fourth-order valence-corrected chi connectivity index (χ4v) is 3.42. The molecule has 0 unspecified atom stereocenters. The highest BCUT2D eigenvalue weighted by Crippen LogP contribution is 2.21. The summed E-state index contributed by atoms with van der Waals surface area (Å²) in [5.41, 5.74) is 2.05. The third-order valence-electron chi connectivity index (χ3n) is 5.01. The van der Waals surface area contributed by atoms with Gasteiger partial charge in [-0.3, -0.25) is 9.59 Å². The zero-order chi connectivity index (χ0) is 19.8. The number of fused-ring (bicyclic) bond motifs is 1. The van der Waals surface area contributed by atoms with Crippen LogP contribution in [0.2, 0.25) is 0 Å². The monoisotopic (exact) mass is 370 g/mol. The molecule has 1 fully saturated rings. The molecule has 1 aromatic carbocycles. The highest BCUT2D eigenvalue weighted by atomic mass is 16.2. The molecule has 1 saturated heterocycles. The van der Waals surface area contributed by atoms with Gasteiger partial charge in [0.2, 0.25) is 5.91 Å². The topological polar surface area (TPSA) is 69.3 Å². The van der Waals surface area contributed by atoms with E-state index in [1.165, 1.54) is 0 Å². The lowest BCUT2D eigenvalue weighted by Crippen LogP contribution is -2.42. The standard InChI is InChI=1S/C21H30N4O2/c1-14(2)18-22-16-8-7-15(13-17(16)23-18)19(26)24-9-6-10-25(12-11-24)20(27)21(3,4)5/h7-8,13-14H,6,9-12H2,1-5H3,(H,22,23). The van der Waals surface area contributed by atoms with Crippen molar-refractivity contribution in [2.75, 3.05) is 26.2 Å². The van der Waals surface area contributed by atoms with E-state index in [0.29, 0.717) is 37.7 Å². The summed E-state index contributed by atoms with van der Waals surface area (Å²) < 4.78 is 0. The minimum absolute atomic E-state index is 0.0163. The zero-order valence-corrected chi connectivity index (χ0v) is 17.0. The van der Waals surface area contributed by atoms with Gasteiger partial charge >= 0.3 is 0 Å². The Kier molecular flexibility index (Phi) is 5.27. The second kappa shape index (κ2) is 7.33. The smallest absolute Gasteiger partial charge is 0.253 e. The van der Waals surface area contributed by atoms with E-state index >= 15 is 0 Å². The molecule has 1 aliphatic rings. The third kappa shape index (κ3) is 4.15. The van der Waals surface area contributed by atoms with E-state index in [-0.39, 0.29) is 17.2 Å². The van der Waals surface area contributed by atoms with Crippen LogP contribution in [0.4, 0.5) is 0 Å². The molecular formula is C21H30N4O2. The Morgan fingerprint density at radius 3 is 2.41 bits per heavy atom. The first-order valence-corrected chi connectivity index (χ1v) is 9.75. The number of hydrogen-bond donors (Lipinski definition) is 1. The molecule has 0 atom stereocenters. The highest BCUT2D eigenvalue weighted by molar-refractivity contribution is 5.97. The van der Waals surface area contributed by atoms with Crippen molar-refractivity contribution in [1.29, 1.82) is 0 Å². The van der Waals surface area contributed by atoms with Gasteiger partial charge in [-0.15, -0.1) is 0 Å². The number of aromatic amines is 1. The number of nitrogens with zero attached hydrogens (tertiary/aromatic N) is 3. The van der Waals surface area contributed by atoms with Crippen LogP contribution < -0.4 is 0 Å². The number of amides is 2. The lowest BCUT2D eigenvalue weighted by molar-refractivity contribution is -0.139. The van der Waals surface area contributed by atoms with Gasteiger partial charge in [-0.1, -0.05) is 34.6 Å². The lowest BCUT2D eigenvalue weighted by atomic mass is 9.94. The minimum Gasteiger partial charge on any atom is -0.342 e. The number of benzene rings is 1. The van der Waals surface area contributed by atoms with E-state index in [0.717, 1.165) is 23.3 Å². The van der Waals surface area contributed by atoms with Crippen molar-refractivity contribution in [2.24, 2.45) is 5.41 Å². The number of H-pyrrole nitrogens is 1. The summed E-state index contributed by atoms with van der Waals surface area (Å²) in [6.45, 7) is 12.5. The Morgan fingerprint density at radius 1 is 1.07 bits per heavy atom. The van der Waals surface area contributed by atoms with Crippen molar-refractivity contribution in [3.05, 3.63) is 29.6 Å². The summed E-state index contributed by atoms with van der Waals surface area (Å²) in [5.74, 6) is 1.41. The van der Waals surface area contributed by atoms with E-state index in [1.54, 1.807) is 0 Å². The Hall–Kier alpha value is -2.37. The van der Waals surface area contributed by atoms with Gasteiger partial charge in [0, 0.05) is 43.1 Å². The molecular weight excluding hydrogens is 340 g/mol. The zero-order valence-electron chi connectivity index (χ0n) is 17.0. The van der Waals surface area contributed by atoms with Gasteiger partial charge in [-0.25, -0.2) is 4.98 Å². The van der Waals surface area contributed by atoms with Crippen molar-refractivity contribution < 1.29 is 9.59 Å². The number of aromatic nitrogens is 2. The molecule has 0 radical (unpaired) electrons. The Morgan fingerprint density at radius 2 is 1.74 bits per heavy atom. The SMILES string of the molecule is CC(C)c1nc2ccc(C(=O)N3CCCN(C(=O)C(C)(C)C)CC3)cc2[nH]1. The predicted octanol–water partition coefficient (Wildman–Crippen LogP) is 3.41. The number of nitrogens with one attached hydrogen (secondary N) is 1. The first-order chi connectivity index (χ1) is 12.7. The first kappa shape index (κ1) is 19.4. The summed E-state index contributed by atoms with van der Waals surface area (Å²) in [6, 6.07) is 5.64. The normalized spacial score (nSPS) is 16.1. The van der Waals surface area contributed by atoms with E-state index < -0.39 is 0 Å². The molecule has 0 aliphatic carbocycles. The van der Waals surface area contributed by atoms with Gasteiger partial charge < -0.3 is 14.8 Å². The largest absolute Gasteiger partial charge is 0.342 e. The average molecular weight is 370 g/mol. The van der Waals surface area contributed by atoms with Crippen LogP contribution in [0.15, 0.2) is 18.2 Å². The van der Waals surface area contributed by atoms with Crippen LogP contribution in [0.25, 0.3) is 11.0 Å². The van der Waals surface area contributed by atoms with Crippen LogP contribution >= 0.6 is 0 Å². The quantitative estimate of drug-likeness (QED) is 0.881. The van der Waals surface area contributed by atoms with Crippen LogP contribution in [-0.4, -0.2) is 57.8 Å². The van der Waals surface area contributed by atoms with Crippen molar-refractivity contribution in [2.45, 2.75) is 47.0 Å². The van der Waals surface area contributed by atoms with Crippen molar-refractivity contribution in [1.82, 2.24) is 19.8 Å². The summed E-state index contributed by atoms with van der Waals surface area (Å²) in [4.78, 5) is 37.2. The third-order valence-corrected chi connectivity index (χ3v) is 5.01. The van der Waals surface area contributed by atoms with Crippen molar-refractivity contribution in [3.8, 4) is 0 Å². The maximum Gasteiger partial charge on any atom is 0.253 e. The molecule has 27 heavy (non-hydrogen) atoms.